The molecule has 106 valence electrons. The third-order valence-corrected chi connectivity index (χ3v) is 4.40. The van der Waals surface area contributed by atoms with Crippen molar-refractivity contribution in [1.29, 1.82) is 0 Å². The molecule has 1 heterocycles. The van der Waals surface area contributed by atoms with E-state index in [1.807, 2.05) is 0 Å². The molecule has 19 heavy (non-hydrogen) atoms. The second kappa shape index (κ2) is 6.40. The van der Waals surface area contributed by atoms with Gasteiger partial charge in [0.2, 0.25) is 0 Å². The van der Waals surface area contributed by atoms with Gasteiger partial charge >= 0.3 is 0 Å². The molecule has 2 N–H and O–H groups in total. The van der Waals surface area contributed by atoms with Crippen molar-refractivity contribution in [3.05, 3.63) is 28.8 Å². The van der Waals surface area contributed by atoms with E-state index in [0.29, 0.717) is 5.92 Å². The number of nitrogens with one attached hydrogen (secondary N) is 1. The molecule has 0 amide bonds. The lowest BCUT2D eigenvalue weighted by atomic mass is 9.80. The first-order valence-corrected chi connectivity index (χ1v) is 7.14. The Morgan fingerprint density at radius 1 is 1.26 bits per heavy atom. The molecule has 2 rings (SSSR count). The molecule has 1 saturated heterocycles. The highest BCUT2D eigenvalue weighted by Crippen LogP contribution is 2.37. The van der Waals surface area contributed by atoms with E-state index >= 15 is 0 Å². The van der Waals surface area contributed by atoms with Gasteiger partial charge in [0.25, 0.3) is 0 Å². The molecule has 1 aromatic carbocycles. The lowest BCUT2D eigenvalue weighted by molar-refractivity contribution is 0.198. The second-order valence-electron chi connectivity index (χ2n) is 5.55. The van der Waals surface area contributed by atoms with Crippen molar-refractivity contribution < 1.29 is 9.84 Å². The Morgan fingerprint density at radius 2 is 1.89 bits per heavy atom. The van der Waals surface area contributed by atoms with E-state index in [4.69, 9.17) is 4.74 Å². The van der Waals surface area contributed by atoms with Crippen LogP contribution in [-0.4, -0.2) is 31.9 Å². The van der Waals surface area contributed by atoms with Crippen molar-refractivity contribution in [1.82, 2.24) is 5.32 Å². The summed E-state index contributed by atoms with van der Waals surface area (Å²) in [7, 11) is 1.71. The van der Waals surface area contributed by atoms with E-state index in [2.05, 4.69) is 31.3 Å². The SMILES string of the molecule is COc1cc(C)c(C)cc1C(CO)C1CCNCC1. The van der Waals surface area contributed by atoms with E-state index in [-0.39, 0.29) is 12.5 Å². The lowest BCUT2D eigenvalue weighted by Gasteiger charge is -2.31. The third kappa shape index (κ3) is 3.10. The average molecular weight is 263 g/mol. The molecule has 1 aliphatic heterocycles. The average Bonchev–Trinajstić information content (AvgIpc) is 2.44. The Kier molecular flexibility index (Phi) is 4.83. The fraction of sp³-hybridized carbons (Fsp3) is 0.625. The molecular weight excluding hydrogens is 238 g/mol. The fourth-order valence-electron chi connectivity index (χ4n) is 3.03. The summed E-state index contributed by atoms with van der Waals surface area (Å²) in [6, 6.07) is 4.28. The van der Waals surface area contributed by atoms with E-state index in [1.165, 1.54) is 16.7 Å². The maximum absolute atomic E-state index is 9.84. The number of aliphatic hydroxyl groups excluding tert-OH is 1. The van der Waals surface area contributed by atoms with Crippen LogP contribution in [0.1, 0.15) is 35.4 Å². The molecule has 1 aliphatic rings. The van der Waals surface area contributed by atoms with Crippen LogP contribution in [0.25, 0.3) is 0 Å². The first-order chi connectivity index (χ1) is 9.17. The number of rotatable bonds is 4. The summed E-state index contributed by atoms with van der Waals surface area (Å²) in [4.78, 5) is 0. The number of ether oxygens (including phenoxy) is 1. The van der Waals surface area contributed by atoms with Gasteiger partial charge < -0.3 is 15.2 Å². The normalized spacial score (nSPS) is 18.3. The van der Waals surface area contributed by atoms with Crippen LogP contribution in [-0.2, 0) is 0 Å². The van der Waals surface area contributed by atoms with Crippen LogP contribution in [0.15, 0.2) is 12.1 Å². The zero-order valence-electron chi connectivity index (χ0n) is 12.2. The van der Waals surface area contributed by atoms with Crippen LogP contribution in [0.4, 0.5) is 0 Å². The zero-order valence-corrected chi connectivity index (χ0v) is 12.2. The predicted octanol–water partition coefficient (Wildman–Crippen LogP) is 2.39. The highest BCUT2D eigenvalue weighted by atomic mass is 16.5. The van der Waals surface area contributed by atoms with Crippen molar-refractivity contribution in [2.45, 2.75) is 32.6 Å². The van der Waals surface area contributed by atoms with Crippen LogP contribution in [0.5, 0.6) is 5.75 Å². The quantitative estimate of drug-likeness (QED) is 0.876. The maximum atomic E-state index is 9.84. The van der Waals surface area contributed by atoms with Crippen LogP contribution in [0.2, 0.25) is 0 Å². The summed E-state index contributed by atoms with van der Waals surface area (Å²) >= 11 is 0. The van der Waals surface area contributed by atoms with Gasteiger partial charge in [0.15, 0.2) is 0 Å². The molecule has 0 spiro atoms. The lowest BCUT2D eigenvalue weighted by Crippen LogP contribution is -2.32. The number of aryl methyl sites for hydroxylation is 2. The molecule has 0 radical (unpaired) electrons. The number of aliphatic hydroxyl groups is 1. The number of hydrogen-bond acceptors (Lipinski definition) is 3. The Hall–Kier alpha value is -1.06. The van der Waals surface area contributed by atoms with Gasteiger partial charge in [0, 0.05) is 11.5 Å². The number of hydrogen-bond donors (Lipinski definition) is 2. The summed E-state index contributed by atoms with van der Waals surface area (Å²) in [5, 5.41) is 13.2. The Bertz CT molecular complexity index is 425. The minimum absolute atomic E-state index is 0.191. The molecular formula is C16H25NO2. The van der Waals surface area contributed by atoms with Gasteiger partial charge in [0.1, 0.15) is 5.75 Å². The largest absolute Gasteiger partial charge is 0.496 e. The molecule has 1 aromatic rings. The predicted molar refractivity (Wildman–Crippen MR) is 77.9 cm³/mol. The minimum atomic E-state index is 0.191. The van der Waals surface area contributed by atoms with Gasteiger partial charge in [-0.25, -0.2) is 0 Å². The van der Waals surface area contributed by atoms with Crippen molar-refractivity contribution in [3.63, 3.8) is 0 Å². The zero-order chi connectivity index (χ0) is 13.8. The fourth-order valence-corrected chi connectivity index (χ4v) is 3.03. The summed E-state index contributed by atoms with van der Waals surface area (Å²) in [6.45, 7) is 6.52. The van der Waals surface area contributed by atoms with E-state index in [9.17, 15) is 5.11 Å². The molecule has 3 nitrogen and oxygen atoms in total. The molecule has 3 heteroatoms. The van der Waals surface area contributed by atoms with Gasteiger partial charge in [0.05, 0.1) is 13.7 Å². The summed E-state index contributed by atoms with van der Waals surface area (Å²) in [6.07, 6.45) is 2.25. The second-order valence-corrected chi connectivity index (χ2v) is 5.55. The van der Waals surface area contributed by atoms with E-state index in [1.54, 1.807) is 7.11 Å². The number of piperidine rings is 1. The van der Waals surface area contributed by atoms with Gasteiger partial charge in [-0.3, -0.25) is 0 Å². The van der Waals surface area contributed by atoms with Crippen molar-refractivity contribution >= 4 is 0 Å². The minimum Gasteiger partial charge on any atom is -0.496 e. The maximum Gasteiger partial charge on any atom is 0.122 e. The molecule has 1 unspecified atom stereocenters. The first-order valence-electron chi connectivity index (χ1n) is 7.14. The van der Waals surface area contributed by atoms with Gasteiger partial charge in [-0.05, 0) is 62.9 Å². The van der Waals surface area contributed by atoms with Crippen molar-refractivity contribution in [2.75, 3.05) is 26.8 Å². The van der Waals surface area contributed by atoms with Crippen LogP contribution < -0.4 is 10.1 Å². The first kappa shape index (κ1) is 14.4. The molecule has 0 saturated carbocycles. The summed E-state index contributed by atoms with van der Waals surface area (Å²) < 4.78 is 5.53. The molecule has 0 bridgehead atoms. The summed E-state index contributed by atoms with van der Waals surface area (Å²) in [5.41, 5.74) is 3.67. The smallest absolute Gasteiger partial charge is 0.122 e. The monoisotopic (exact) mass is 263 g/mol. The molecule has 0 aliphatic carbocycles. The topological polar surface area (TPSA) is 41.5 Å². The molecule has 1 atom stereocenters. The van der Waals surface area contributed by atoms with Crippen LogP contribution >= 0.6 is 0 Å². The van der Waals surface area contributed by atoms with Gasteiger partial charge in [-0.15, -0.1) is 0 Å². The Balaban J connectivity index is 2.33. The molecule has 1 fully saturated rings. The third-order valence-electron chi connectivity index (χ3n) is 4.40. The van der Waals surface area contributed by atoms with Crippen LogP contribution in [0, 0.1) is 19.8 Å². The van der Waals surface area contributed by atoms with E-state index < -0.39 is 0 Å². The van der Waals surface area contributed by atoms with Crippen LogP contribution in [0.3, 0.4) is 0 Å². The van der Waals surface area contributed by atoms with Crippen molar-refractivity contribution in [2.24, 2.45) is 5.92 Å². The Morgan fingerprint density at radius 3 is 2.47 bits per heavy atom. The summed E-state index contributed by atoms with van der Waals surface area (Å²) in [5.74, 6) is 1.65. The number of benzene rings is 1. The Labute approximate surface area is 116 Å². The highest BCUT2D eigenvalue weighted by Gasteiger charge is 2.27. The van der Waals surface area contributed by atoms with E-state index in [0.717, 1.165) is 31.7 Å². The van der Waals surface area contributed by atoms with Crippen molar-refractivity contribution in [3.8, 4) is 5.75 Å². The van der Waals surface area contributed by atoms with Gasteiger partial charge in [-0.1, -0.05) is 6.07 Å². The van der Waals surface area contributed by atoms with Gasteiger partial charge in [-0.2, -0.15) is 0 Å². The number of methoxy groups -OCH3 is 1. The standard InChI is InChI=1S/C16H25NO2/c1-11-8-14(16(19-3)9-12(11)2)15(10-18)13-4-6-17-7-5-13/h8-9,13,15,17-18H,4-7,10H2,1-3H3. The highest BCUT2D eigenvalue weighted by molar-refractivity contribution is 5.44. The molecule has 0 aromatic heterocycles.